The summed E-state index contributed by atoms with van der Waals surface area (Å²) in [6.07, 6.45) is 1.13. The van der Waals surface area contributed by atoms with Crippen LogP contribution in [0, 0.1) is 5.92 Å². The monoisotopic (exact) mass is 330 g/mol. The van der Waals surface area contributed by atoms with Crippen LogP contribution in [0.1, 0.15) is 30.8 Å². The molecule has 1 aromatic heterocycles. The van der Waals surface area contributed by atoms with E-state index in [1.807, 2.05) is 0 Å². The minimum Gasteiger partial charge on any atom is -0.480 e. The van der Waals surface area contributed by atoms with Crippen LogP contribution in [0.15, 0.2) is 23.2 Å². The number of methoxy groups -OCH3 is 1. The molecule has 0 radical (unpaired) electrons. The van der Waals surface area contributed by atoms with Gasteiger partial charge in [0, 0.05) is 6.20 Å². The van der Waals surface area contributed by atoms with Gasteiger partial charge >= 0.3 is 11.9 Å². The molecule has 8 nitrogen and oxygen atoms in total. The lowest BCUT2D eigenvalue weighted by Gasteiger charge is -2.16. The van der Waals surface area contributed by atoms with Crippen molar-refractivity contribution < 1.29 is 27.9 Å². The number of carbonyl (C=O) groups is 2. The molecule has 0 aliphatic carbocycles. The van der Waals surface area contributed by atoms with Gasteiger partial charge in [-0.05, 0) is 24.5 Å². The molecule has 1 atom stereocenters. The summed E-state index contributed by atoms with van der Waals surface area (Å²) in [5, 5.41) is 9.08. The number of aliphatic carboxylic acids is 1. The lowest BCUT2D eigenvalue weighted by Crippen LogP contribution is -2.41. The summed E-state index contributed by atoms with van der Waals surface area (Å²) in [7, 11) is -2.86. The molecule has 122 valence electrons. The van der Waals surface area contributed by atoms with Gasteiger partial charge in [-0.2, -0.15) is 4.72 Å². The first kappa shape index (κ1) is 18.1. The molecule has 0 bridgehead atoms. The van der Waals surface area contributed by atoms with E-state index in [-0.39, 0.29) is 22.9 Å². The third kappa shape index (κ3) is 4.78. The Morgan fingerprint density at radius 1 is 1.36 bits per heavy atom. The van der Waals surface area contributed by atoms with Crippen LogP contribution in [0.25, 0.3) is 0 Å². The highest BCUT2D eigenvalue weighted by atomic mass is 32.2. The molecule has 0 saturated heterocycles. The zero-order valence-corrected chi connectivity index (χ0v) is 13.3. The number of carbonyl (C=O) groups excluding carboxylic acids is 1. The number of sulfonamides is 1. The van der Waals surface area contributed by atoms with Crippen LogP contribution in [-0.2, 0) is 19.6 Å². The van der Waals surface area contributed by atoms with Gasteiger partial charge in [-0.3, -0.25) is 4.79 Å². The van der Waals surface area contributed by atoms with E-state index >= 15 is 0 Å². The van der Waals surface area contributed by atoms with E-state index < -0.39 is 28.0 Å². The van der Waals surface area contributed by atoms with E-state index in [1.54, 1.807) is 13.8 Å². The number of hydrogen-bond acceptors (Lipinski definition) is 6. The molecule has 2 N–H and O–H groups in total. The smallest absolute Gasteiger partial charge is 0.356 e. The molecule has 1 heterocycles. The van der Waals surface area contributed by atoms with Crippen LogP contribution < -0.4 is 4.72 Å². The Morgan fingerprint density at radius 3 is 2.41 bits per heavy atom. The SMILES string of the molecule is COC(=O)c1ccc(S(=O)(=O)N[C@@H](CC(C)C)C(=O)O)cn1. The molecule has 0 aliphatic heterocycles. The minimum absolute atomic E-state index is 0.00336. The van der Waals surface area contributed by atoms with Crippen LogP contribution in [0.4, 0.5) is 0 Å². The summed E-state index contributed by atoms with van der Waals surface area (Å²) in [6.45, 7) is 3.58. The second-order valence-electron chi connectivity index (χ2n) is 5.01. The van der Waals surface area contributed by atoms with Crippen molar-refractivity contribution in [3.8, 4) is 0 Å². The number of nitrogens with zero attached hydrogens (tertiary/aromatic N) is 1. The van der Waals surface area contributed by atoms with E-state index in [0.717, 1.165) is 12.3 Å². The van der Waals surface area contributed by atoms with Crippen molar-refractivity contribution >= 4 is 22.0 Å². The van der Waals surface area contributed by atoms with Crippen LogP contribution in [-0.4, -0.2) is 43.6 Å². The molecule has 0 unspecified atom stereocenters. The lowest BCUT2D eigenvalue weighted by atomic mass is 10.1. The highest BCUT2D eigenvalue weighted by molar-refractivity contribution is 7.89. The van der Waals surface area contributed by atoms with Crippen LogP contribution >= 0.6 is 0 Å². The van der Waals surface area contributed by atoms with Crippen molar-refractivity contribution in [2.24, 2.45) is 5.92 Å². The number of rotatable bonds is 7. The Hall–Kier alpha value is -2.00. The predicted molar refractivity (Wildman–Crippen MR) is 76.8 cm³/mol. The Morgan fingerprint density at radius 2 is 2.00 bits per heavy atom. The van der Waals surface area contributed by atoms with Crippen molar-refractivity contribution in [2.45, 2.75) is 31.2 Å². The molecule has 0 amide bonds. The molecular weight excluding hydrogens is 312 g/mol. The molecule has 0 spiro atoms. The Labute approximate surface area is 128 Å². The summed E-state index contributed by atoms with van der Waals surface area (Å²) in [4.78, 5) is 25.8. The van der Waals surface area contributed by atoms with Crippen LogP contribution in [0.5, 0.6) is 0 Å². The first-order chi connectivity index (χ1) is 10.2. The number of esters is 1. The maximum absolute atomic E-state index is 12.1. The quantitative estimate of drug-likeness (QED) is 0.703. The average Bonchev–Trinajstić information content (AvgIpc) is 2.45. The summed E-state index contributed by atoms with van der Waals surface area (Å²) in [5.74, 6) is -1.94. The highest BCUT2D eigenvalue weighted by Crippen LogP contribution is 2.12. The zero-order valence-electron chi connectivity index (χ0n) is 12.4. The van der Waals surface area contributed by atoms with E-state index in [1.165, 1.54) is 13.2 Å². The maximum Gasteiger partial charge on any atom is 0.356 e. The van der Waals surface area contributed by atoms with Crippen molar-refractivity contribution in [1.29, 1.82) is 0 Å². The molecule has 1 rings (SSSR count). The van der Waals surface area contributed by atoms with Crippen LogP contribution in [0.2, 0.25) is 0 Å². The van der Waals surface area contributed by atoms with Gasteiger partial charge < -0.3 is 9.84 Å². The van der Waals surface area contributed by atoms with Crippen molar-refractivity contribution in [2.75, 3.05) is 7.11 Å². The normalized spacial score (nSPS) is 12.9. The fourth-order valence-corrected chi connectivity index (χ4v) is 2.84. The number of hydrogen-bond donors (Lipinski definition) is 2. The predicted octanol–water partition coefficient (Wildman–Crippen LogP) is 0.646. The van der Waals surface area contributed by atoms with Crippen molar-refractivity contribution in [3.05, 3.63) is 24.0 Å². The fourth-order valence-electron chi connectivity index (χ4n) is 1.69. The Balaban J connectivity index is 2.98. The second kappa shape index (κ2) is 7.32. The number of nitrogens with one attached hydrogen (secondary N) is 1. The molecule has 0 saturated carbocycles. The van der Waals surface area contributed by atoms with Gasteiger partial charge in [0.05, 0.1) is 7.11 Å². The Bertz CT molecular complexity index is 639. The molecular formula is C13H18N2O6S. The number of carboxylic acids is 1. The van der Waals surface area contributed by atoms with Gasteiger partial charge in [-0.15, -0.1) is 0 Å². The second-order valence-corrected chi connectivity index (χ2v) is 6.73. The van der Waals surface area contributed by atoms with E-state index in [9.17, 15) is 18.0 Å². The first-order valence-electron chi connectivity index (χ1n) is 6.47. The third-order valence-electron chi connectivity index (χ3n) is 2.74. The highest BCUT2D eigenvalue weighted by Gasteiger charge is 2.26. The maximum atomic E-state index is 12.1. The topological polar surface area (TPSA) is 123 Å². The van der Waals surface area contributed by atoms with Gasteiger partial charge in [0.15, 0.2) is 0 Å². The minimum atomic E-state index is -4.04. The van der Waals surface area contributed by atoms with Gasteiger partial charge in [0.25, 0.3) is 0 Å². The van der Waals surface area contributed by atoms with E-state index in [4.69, 9.17) is 5.11 Å². The van der Waals surface area contributed by atoms with Crippen LogP contribution in [0.3, 0.4) is 0 Å². The lowest BCUT2D eigenvalue weighted by molar-refractivity contribution is -0.139. The number of pyridine rings is 1. The van der Waals surface area contributed by atoms with Gasteiger partial charge in [0.1, 0.15) is 16.6 Å². The number of ether oxygens (including phenoxy) is 1. The standard InChI is InChI=1S/C13H18N2O6S/c1-8(2)6-11(12(16)17)15-22(19,20)9-4-5-10(14-7-9)13(18)21-3/h4-5,7-8,11,15H,6H2,1-3H3,(H,16,17)/t11-/m0/s1. The average molecular weight is 330 g/mol. The molecule has 9 heteroatoms. The van der Waals surface area contributed by atoms with E-state index in [0.29, 0.717) is 0 Å². The van der Waals surface area contributed by atoms with Gasteiger partial charge in [-0.25, -0.2) is 18.2 Å². The third-order valence-corrected chi connectivity index (χ3v) is 4.20. The van der Waals surface area contributed by atoms with Gasteiger partial charge in [0.2, 0.25) is 10.0 Å². The number of aromatic nitrogens is 1. The summed E-state index contributed by atoms with van der Waals surface area (Å²) in [5.41, 5.74) is -0.0431. The summed E-state index contributed by atoms with van der Waals surface area (Å²) < 4.78 is 30.9. The largest absolute Gasteiger partial charge is 0.480 e. The van der Waals surface area contributed by atoms with Gasteiger partial charge in [-0.1, -0.05) is 13.8 Å². The zero-order chi connectivity index (χ0) is 16.9. The molecule has 22 heavy (non-hydrogen) atoms. The molecule has 0 aliphatic rings. The molecule has 0 fully saturated rings. The summed E-state index contributed by atoms with van der Waals surface area (Å²) >= 11 is 0. The molecule has 1 aromatic rings. The van der Waals surface area contributed by atoms with Crippen molar-refractivity contribution in [3.63, 3.8) is 0 Å². The fraction of sp³-hybridized carbons (Fsp3) is 0.462. The number of carboxylic acid groups (broad SMARTS) is 1. The Kier molecular flexibility index (Phi) is 6.01. The summed E-state index contributed by atoms with van der Waals surface area (Å²) in [6, 6.07) is 1.12. The van der Waals surface area contributed by atoms with E-state index in [2.05, 4.69) is 14.4 Å². The first-order valence-corrected chi connectivity index (χ1v) is 7.95. The van der Waals surface area contributed by atoms with Crippen molar-refractivity contribution in [1.82, 2.24) is 9.71 Å². The molecule has 0 aromatic carbocycles.